The van der Waals surface area contributed by atoms with Crippen molar-refractivity contribution < 1.29 is 34.4 Å². The van der Waals surface area contributed by atoms with Gasteiger partial charge in [-0.15, -0.1) is 0 Å². The largest absolute Gasteiger partial charge is 0.510 e. The second-order valence-corrected chi connectivity index (χ2v) is 10.3. The molecule has 0 aromatic heterocycles. The smallest absolute Gasteiger partial charge is 0.209 e. The lowest BCUT2D eigenvalue weighted by molar-refractivity contribution is -0.148. The number of allylic oxidation sites excluding steroid dienone is 1. The fourth-order valence-electron chi connectivity index (χ4n) is 6.07. The van der Waals surface area contributed by atoms with E-state index in [-0.39, 0.29) is 12.0 Å². The number of nitrogens with zero attached hydrogens (tertiary/aromatic N) is 2. The molecule has 0 aliphatic heterocycles. The molecule has 0 spiro atoms. The van der Waals surface area contributed by atoms with Crippen molar-refractivity contribution in [3.63, 3.8) is 0 Å². The van der Waals surface area contributed by atoms with Crippen molar-refractivity contribution in [3.05, 3.63) is 45.9 Å². The van der Waals surface area contributed by atoms with Crippen LogP contribution in [0.5, 0.6) is 5.75 Å². The van der Waals surface area contributed by atoms with E-state index in [0.717, 1.165) is 24.6 Å². The second-order valence-electron chi connectivity index (χ2n) is 10.3. The Morgan fingerprint density at radius 1 is 1.17 bits per heavy atom. The molecule has 3 N–H and O–H groups in total. The standard InChI is InChI=1S/C27H34N2O7/c1-7-10-36-18-9-8-17(28(3)4)15-11-14-12-16-22(29(5)6)24(32)19(13(2)30)25(33)27(16,35)26(34)20(14)23(31)21(15)18/h8-9,14,16,22,32,34-35H,7,10-12H2,1-6H3/t14-,16-,22?,27+/m0/s1. The maximum absolute atomic E-state index is 14.0. The summed E-state index contributed by atoms with van der Waals surface area (Å²) < 4.78 is 5.87. The number of hydrogen-bond donors (Lipinski definition) is 3. The van der Waals surface area contributed by atoms with E-state index in [2.05, 4.69) is 0 Å². The van der Waals surface area contributed by atoms with E-state index in [9.17, 15) is 29.7 Å². The minimum absolute atomic E-state index is 0.0337. The maximum Gasteiger partial charge on any atom is 0.209 e. The van der Waals surface area contributed by atoms with Gasteiger partial charge < -0.3 is 25.0 Å². The first-order valence-electron chi connectivity index (χ1n) is 12.2. The molecule has 9 nitrogen and oxygen atoms in total. The molecule has 0 saturated carbocycles. The highest BCUT2D eigenvalue weighted by Crippen LogP contribution is 2.53. The van der Waals surface area contributed by atoms with Crippen molar-refractivity contribution in [2.75, 3.05) is 39.7 Å². The van der Waals surface area contributed by atoms with E-state index >= 15 is 0 Å². The Bertz CT molecular complexity index is 1210. The first-order valence-corrected chi connectivity index (χ1v) is 12.2. The van der Waals surface area contributed by atoms with Gasteiger partial charge in [0.15, 0.2) is 17.2 Å². The van der Waals surface area contributed by atoms with Gasteiger partial charge in [-0.2, -0.15) is 0 Å². The molecule has 0 fully saturated rings. The number of carbonyl (C=O) groups excluding carboxylic acids is 3. The molecular weight excluding hydrogens is 464 g/mol. The van der Waals surface area contributed by atoms with Crippen molar-refractivity contribution in [3.8, 4) is 5.75 Å². The monoisotopic (exact) mass is 498 g/mol. The molecule has 0 bridgehead atoms. The molecule has 194 valence electrons. The molecule has 1 unspecified atom stereocenters. The Morgan fingerprint density at radius 3 is 2.39 bits per heavy atom. The number of ether oxygens (including phenoxy) is 1. The van der Waals surface area contributed by atoms with Crippen LogP contribution in [0.3, 0.4) is 0 Å². The second kappa shape index (κ2) is 9.05. The lowest BCUT2D eigenvalue weighted by atomic mass is 9.58. The molecule has 4 rings (SSSR count). The molecule has 0 heterocycles. The quantitative estimate of drug-likeness (QED) is 0.507. The summed E-state index contributed by atoms with van der Waals surface area (Å²) in [6, 6.07) is 2.72. The summed E-state index contributed by atoms with van der Waals surface area (Å²) in [6.45, 7) is 3.48. The molecule has 1 aromatic rings. The summed E-state index contributed by atoms with van der Waals surface area (Å²) >= 11 is 0. The third-order valence-electron chi connectivity index (χ3n) is 7.61. The van der Waals surface area contributed by atoms with Crippen LogP contribution in [-0.2, 0) is 16.0 Å². The fraction of sp³-hybridized carbons (Fsp3) is 0.519. The Hall–Kier alpha value is -3.17. The summed E-state index contributed by atoms with van der Waals surface area (Å²) in [7, 11) is 7.08. The number of Topliss-reactive ketones (excluding diaryl/α,β-unsaturated/α-hetero) is 3. The zero-order valence-electron chi connectivity index (χ0n) is 21.6. The van der Waals surface area contributed by atoms with Crippen LogP contribution in [0.25, 0.3) is 0 Å². The third-order valence-corrected chi connectivity index (χ3v) is 7.61. The zero-order chi connectivity index (χ0) is 26.7. The van der Waals surface area contributed by atoms with Crippen molar-refractivity contribution in [1.82, 2.24) is 4.90 Å². The predicted molar refractivity (Wildman–Crippen MR) is 134 cm³/mol. The predicted octanol–water partition coefficient (Wildman–Crippen LogP) is 2.37. The maximum atomic E-state index is 14.0. The van der Waals surface area contributed by atoms with Crippen molar-refractivity contribution in [1.29, 1.82) is 0 Å². The van der Waals surface area contributed by atoms with E-state index < -0.39 is 57.9 Å². The van der Waals surface area contributed by atoms with E-state index in [0.29, 0.717) is 24.3 Å². The van der Waals surface area contributed by atoms with Crippen LogP contribution in [0.15, 0.2) is 34.8 Å². The highest BCUT2D eigenvalue weighted by atomic mass is 16.5. The van der Waals surface area contributed by atoms with Crippen LogP contribution in [0, 0.1) is 11.8 Å². The van der Waals surface area contributed by atoms with Gasteiger partial charge >= 0.3 is 0 Å². The number of fused-ring (bicyclic) bond motifs is 3. The van der Waals surface area contributed by atoms with Crippen molar-refractivity contribution >= 4 is 23.0 Å². The summed E-state index contributed by atoms with van der Waals surface area (Å²) in [4.78, 5) is 43.2. The summed E-state index contributed by atoms with van der Waals surface area (Å²) in [5, 5.41) is 34.1. The van der Waals surface area contributed by atoms with Crippen molar-refractivity contribution in [2.24, 2.45) is 11.8 Å². The average Bonchev–Trinajstić information content (AvgIpc) is 2.79. The van der Waals surface area contributed by atoms with E-state index in [4.69, 9.17) is 4.74 Å². The van der Waals surface area contributed by atoms with Crippen LogP contribution in [0.2, 0.25) is 0 Å². The molecule has 9 heteroatoms. The number of likely N-dealkylation sites (N-methyl/N-ethyl adjacent to an activating group) is 1. The number of aliphatic hydroxyl groups excluding tert-OH is 2. The van der Waals surface area contributed by atoms with Crippen LogP contribution in [0.4, 0.5) is 5.69 Å². The van der Waals surface area contributed by atoms with Crippen LogP contribution in [0.1, 0.15) is 42.6 Å². The normalized spacial score (nSPS) is 27.6. The lowest BCUT2D eigenvalue weighted by Crippen LogP contribution is -2.63. The molecule has 3 aliphatic carbocycles. The number of carbonyl (C=O) groups is 3. The highest BCUT2D eigenvalue weighted by molar-refractivity contribution is 6.25. The fourth-order valence-corrected chi connectivity index (χ4v) is 6.07. The number of ketones is 3. The molecule has 36 heavy (non-hydrogen) atoms. The number of hydrogen-bond acceptors (Lipinski definition) is 9. The van der Waals surface area contributed by atoms with Gasteiger partial charge in [0.05, 0.1) is 18.2 Å². The number of anilines is 1. The molecule has 0 saturated heterocycles. The Kier molecular flexibility index (Phi) is 6.51. The third kappa shape index (κ3) is 3.56. The Balaban J connectivity index is 1.96. The molecular formula is C27H34N2O7. The molecule has 0 radical (unpaired) electrons. The lowest BCUT2D eigenvalue weighted by Gasteiger charge is -2.50. The number of rotatable bonds is 6. The van der Waals surface area contributed by atoms with Gasteiger partial charge in [0.25, 0.3) is 0 Å². The summed E-state index contributed by atoms with van der Waals surface area (Å²) in [6.07, 6.45) is 1.26. The van der Waals surface area contributed by atoms with Gasteiger partial charge in [0, 0.05) is 31.3 Å². The molecule has 0 amide bonds. The van der Waals surface area contributed by atoms with Crippen molar-refractivity contribution in [2.45, 2.75) is 44.8 Å². The average molecular weight is 499 g/mol. The van der Waals surface area contributed by atoms with Gasteiger partial charge in [-0.05, 0) is 63.9 Å². The van der Waals surface area contributed by atoms with Gasteiger partial charge in [-0.1, -0.05) is 6.92 Å². The minimum atomic E-state index is -2.51. The molecule has 3 aliphatic rings. The van der Waals surface area contributed by atoms with E-state index in [1.54, 1.807) is 25.1 Å². The topological polar surface area (TPSA) is 128 Å². The Morgan fingerprint density at radius 2 is 1.83 bits per heavy atom. The highest BCUT2D eigenvalue weighted by Gasteiger charge is 2.63. The van der Waals surface area contributed by atoms with E-state index in [1.165, 1.54) is 0 Å². The Labute approximate surface area is 210 Å². The SMILES string of the molecule is CCCOc1ccc(N(C)C)c2c1C(=O)C1=C(O)[C@]3(O)C(=O)C(C(C)=O)=C(O)C(N(C)C)[C@@H]3C[C@@H]1C2. The van der Waals surface area contributed by atoms with Gasteiger partial charge in [-0.3, -0.25) is 19.3 Å². The zero-order valence-corrected chi connectivity index (χ0v) is 21.6. The van der Waals surface area contributed by atoms with Gasteiger partial charge in [0.1, 0.15) is 22.8 Å². The van der Waals surface area contributed by atoms with Gasteiger partial charge in [-0.25, -0.2) is 0 Å². The van der Waals surface area contributed by atoms with E-state index in [1.807, 2.05) is 32.0 Å². The molecule has 1 aromatic carbocycles. The summed E-state index contributed by atoms with van der Waals surface area (Å²) in [5.74, 6) is -4.54. The molecule has 4 atom stereocenters. The summed E-state index contributed by atoms with van der Waals surface area (Å²) in [5.41, 5.74) is -1.17. The first-order chi connectivity index (χ1) is 16.9. The first kappa shape index (κ1) is 25.9. The minimum Gasteiger partial charge on any atom is -0.510 e. The number of benzene rings is 1. The van der Waals surface area contributed by atoms with Gasteiger partial charge in [0.2, 0.25) is 5.78 Å². The van der Waals surface area contributed by atoms with Crippen LogP contribution in [-0.4, -0.2) is 84.0 Å². The van der Waals surface area contributed by atoms with Crippen LogP contribution < -0.4 is 9.64 Å². The number of aliphatic hydroxyl groups is 3. The van der Waals surface area contributed by atoms with Crippen LogP contribution >= 0.6 is 0 Å².